The minimum Gasteiger partial charge on any atom is -0.370 e. The van der Waals surface area contributed by atoms with E-state index in [1.165, 1.54) is 0 Å². The number of aryl methyl sites for hydroxylation is 1. The first kappa shape index (κ1) is 15.7. The van der Waals surface area contributed by atoms with E-state index in [4.69, 9.17) is 0 Å². The third-order valence-corrected chi connectivity index (χ3v) is 3.68. The van der Waals surface area contributed by atoms with E-state index in [0.717, 1.165) is 29.2 Å². The molecule has 0 saturated carbocycles. The molecule has 0 spiro atoms. The Kier molecular flexibility index (Phi) is 5.12. The van der Waals surface area contributed by atoms with Crippen LogP contribution in [0.4, 0.5) is 14.6 Å². The van der Waals surface area contributed by atoms with Gasteiger partial charge in [0.25, 0.3) is 5.76 Å². The molecule has 0 amide bonds. The Morgan fingerprint density at radius 2 is 1.81 bits per heavy atom. The summed E-state index contributed by atoms with van der Waals surface area (Å²) < 4.78 is 24.7. The van der Waals surface area contributed by atoms with E-state index in [2.05, 4.69) is 15.3 Å². The van der Waals surface area contributed by atoms with Crippen LogP contribution in [0.1, 0.15) is 18.3 Å². The molecule has 0 fully saturated rings. The van der Waals surface area contributed by atoms with Gasteiger partial charge in [0.15, 0.2) is 0 Å². The lowest BCUT2D eigenvalue weighted by Gasteiger charge is -2.12. The zero-order chi connectivity index (χ0) is 15.4. The second-order valence-corrected chi connectivity index (χ2v) is 5.59. The number of hydrogen-bond acceptors (Lipinski definition) is 4. The zero-order valence-corrected chi connectivity index (χ0v) is 13.0. The zero-order valence-electron chi connectivity index (χ0n) is 12.2. The first-order chi connectivity index (χ1) is 10.0. The van der Waals surface area contributed by atoms with Crippen molar-refractivity contribution < 1.29 is 8.78 Å². The standard InChI is InChI=1S/C15H17F2N3S/c1-4-18-14-9(2)13(19-10(3)20-14)11-5-7-12(8-6-11)21-15(16)17/h5-8,15H,4H2,1-3H3,(H,18,19,20). The molecule has 0 atom stereocenters. The number of nitrogens with zero attached hydrogens (tertiary/aromatic N) is 2. The van der Waals surface area contributed by atoms with Gasteiger partial charge in [-0.15, -0.1) is 0 Å². The van der Waals surface area contributed by atoms with Gasteiger partial charge in [0, 0.05) is 22.6 Å². The van der Waals surface area contributed by atoms with Crippen molar-refractivity contribution in [3.05, 3.63) is 35.7 Å². The number of benzene rings is 1. The lowest BCUT2D eigenvalue weighted by atomic mass is 10.1. The molecule has 0 aliphatic rings. The van der Waals surface area contributed by atoms with Crippen molar-refractivity contribution in [2.75, 3.05) is 11.9 Å². The molecule has 1 aromatic carbocycles. The molecule has 1 heterocycles. The number of aromatic nitrogens is 2. The van der Waals surface area contributed by atoms with Crippen LogP contribution in [0, 0.1) is 13.8 Å². The van der Waals surface area contributed by atoms with Crippen LogP contribution in [0.25, 0.3) is 11.3 Å². The minimum atomic E-state index is -2.40. The highest BCUT2D eigenvalue weighted by atomic mass is 32.2. The molecule has 0 unspecified atom stereocenters. The van der Waals surface area contributed by atoms with Gasteiger partial charge in [0.2, 0.25) is 0 Å². The monoisotopic (exact) mass is 309 g/mol. The summed E-state index contributed by atoms with van der Waals surface area (Å²) in [4.78, 5) is 9.40. The number of anilines is 1. The Morgan fingerprint density at radius 1 is 1.14 bits per heavy atom. The summed E-state index contributed by atoms with van der Waals surface area (Å²) in [7, 11) is 0. The SMILES string of the molecule is CCNc1nc(C)nc(-c2ccc(SC(F)F)cc2)c1C. The summed E-state index contributed by atoms with van der Waals surface area (Å²) in [5.41, 5.74) is 2.68. The topological polar surface area (TPSA) is 37.8 Å². The lowest BCUT2D eigenvalue weighted by Crippen LogP contribution is -2.06. The van der Waals surface area contributed by atoms with E-state index < -0.39 is 5.76 Å². The average Bonchev–Trinajstić information content (AvgIpc) is 2.43. The summed E-state index contributed by atoms with van der Waals surface area (Å²) in [6.07, 6.45) is 0. The fourth-order valence-corrected chi connectivity index (χ4v) is 2.54. The summed E-state index contributed by atoms with van der Waals surface area (Å²) in [6.45, 7) is 6.58. The van der Waals surface area contributed by atoms with Crippen LogP contribution < -0.4 is 5.32 Å². The molecule has 0 aliphatic heterocycles. The van der Waals surface area contributed by atoms with Gasteiger partial charge in [-0.1, -0.05) is 23.9 Å². The maximum atomic E-state index is 12.3. The van der Waals surface area contributed by atoms with Crippen LogP contribution >= 0.6 is 11.8 Å². The van der Waals surface area contributed by atoms with Crippen molar-refractivity contribution in [2.45, 2.75) is 31.4 Å². The van der Waals surface area contributed by atoms with E-state index in [9.17, 15) is 8.78 Å². The van der Waals surface area contributed by atoms with Crippen molar-refractivity contribution in [2.24, 2.45) is 0 Å². The van der Waals surface area contributed by atoms with Gasteiger partial charge in [-0.25, -0.2) is 9.97 Å². The van der Waals surface area contributed by atoms with Crippen molar-refractivity contribution in [1.29, 1.82) is 0 Å². The third-order valence-electron chi connectivity index (χ3n) is 2.95. The second-order valence-electron chi connectivity index (χ2n) is 4.53. The van der Waals surface area contributed by atoms with Gasteiger partial charge < -0.3 is 5.32 Å². The Labute approximate surface area is 127 Å². The molecule has 6 heteroatoms. The predicted molar refractivity (Wildman–Crippen MR) is 83.0 cm³/mol. The number of thioether (sulfide) groups is 1. The van der Waals surface area contributed by atoms with Crippen molar-refractivity contribution in [1.82, 2.24) is 9.97 Å². The molecule has 0 aliphatic carbocycles. The maximum Gasteiger partial charge on any atom is 0.288 e. The fourth-order valence-electron chi connectivity index (χ4n) is 2.04. The highest BCUT2D eigenvalue weighted by Crippen LogP contribution is 2.30. The Bertz CT molecular complexity index is 615. The fraction of sp³-hybridized carbons (Fsp3) is 0.333. The highest BCUT2D eigenvalue weighted by molar-refractivity contribution is 7.99. The molecule has 0 bridgehead atoms. The molecule has 2 rings (SSSR count). The largest absolute Gasteiger partial charge is 0.370 e. The van der Waals surface area contributed by atoms with E-state index in [1.807, 2.05) is 32.9 Å². The molecule has 0 saturated heterocycles. The van der Waals surface area contributed by atoms with Crippen LogP contribution in [0.2, 0.25) is 0 Å². The third kappa shape index (κ3) is 3.91. The van der Waals surface area contributed by atoms with Crippen molar-refractivity contribution in [3.8, 4) is 11.3 Å². The van der Waals surface area contributed by atoms with Gasteiger partial charge in [-0.2, -0.15) is 8.78 Å². The molecule has 2 aromatic rings. The molecule has 1 aromatic heterocycles. The van der Waals surface area contributed by atoms with E-state index >= 15 is 0 Å². The molecular formula is C15H17F2N3S. The maximum absolute atomic E-state index is 12.3. The summed E-state index contributed by atoms with van der Waals surface area (Å²) in [5, 5.41) is 3.21. The Balaban J connectivity index is 2.37. The molecule has 1 N–H and O–H groups in total. The Hall–Kier alpha value is -1.69. The van der Waals surface area contributed by atoms with Crippen LogP contribution in [0.5, 0.6) is 0 Å². The quantitative estimate of drug-likeness (QED) is 0.825. The first-order valence-corrected chi connectivity index (χ1v) is 7.53. The number of alkyl halides is 2. The molecule has 112 valence electrons. The number of halogens is 2. The summed E-state index contributed by atoms with van der Waals surface area (Å²) in [6, 6.07) is 7.01. The van der Waals surface area contributed by atoms with Gasteiger partial charge in [-0.05, 0) is 32.9 Å². The second kappa shape index (κ2) is 6.85. The Morgan fingerprint density at radius 3 is 2.38 bits per heavy atom. The van der Waals surface area contributed by atoms with Crippen LogP contribution in [0.15, 0.2) is 29.2 Å². The van der Waals surface area contributed by atoms with Crippen LogP contribution in [-0.2, 0) is 0 Å². The predicted octanol–water partition coefficient (Wildman–Crippen LogP) is 4.51. The number of rotatable bonds is 5. The van der Waals surface area contributed by atoms with Crippen LogP contribution in [0.3, 0.4) is 0 Å². The first-order valence-electron chi connectivity index (χ1n) is 6.65. The van der Waals surface area contributed by atoms with Gasteiger partial charge >= 0.3 is 0 Å². The molecule has 21 heavy (non-hydrogen) atoms. The van der Waals surface area contributed by atoms with Gasteiger partial charge in [0.05, 0.1) is 5.69 Å². The number of hydrogen-bond donors (Lipinski definition) is 1. The van der Waals surface area contributed by atoms with Gasteiger partial charge in [-0.3, -0.25) is 0 Å². The summed E-state index contributed by atoms with van der Waals surface area (Å²) >= 11 is 0.543. The highest BCUT2D eigenvalue weighted by Gasteiger charge is 2.11. The van der Waals surface area contributed by atoms with E-state index in [0.29, 0.717) is 22.5 Å². The van der Waals surface area contributed by atoms with Crippen molar-refractivity contribution >= 4 is 17.6 Å². The summed E-state index contributed by atoms with van der Waals surface area (Å²) in [5.74, 6) is -0.914. The van der Waals surface area contributed by atoms with E-state index in [-0.39, 0.29) is 0 Å². The normalized spacial score (nSPS) is 11.0. The molecular weight excluding hydrogens is 292 g/mol. The lowest BCUT2D eigenvalue weighted by molar-refractivity contribution is 0.252. The van der Waals surface area contributed by atoms with Crippen molar-refractivity contribution in [3.63, 3.8) is 0 Å². The average molecular weight is 309 g/mol. The molecule has 0 radical (unpaired) electrons. The number of nitrogens with one attached hydrogen (secondary N) is 1. The smallest absolute Gasteiger partial charge is 0.288 e. The molecule has 3 nitrogen and oxygen atoms in total. The van der Waals surface area contributed by atoms with E-state index in [1.54, 1.807) is 12.1 Å². The van der Waals surface area contributed by atoms with Crippen LogP contribution in [-0.4, -0.2) is 22.3 Å². The van der Waals surface area contributed by atoms with Gasteiger partial charge in [0.1, 0.15) is 11.6 Å². The minimum absolute atomic E-state index is 0.543.